The first-order valence-corrected chi connectivity index (χ1v) is 18.9. The van der Waals surface area contributed by atoms with Crippen molar-refractivity contribution in [1.82, 2.24) is 5.32 Å². The van der Waals surface area contributed by atoms with Crippen LogP contribution in [-0.4, -0.2) is 51.2 Å². The Morgan fingerprint density at radius 2 is 1.21 bits per heavy atom. The second-order valence-electron chi connectivity index (χ2n) is 13.8. The fraction of sp³-hybridized carbons (Fsp3) is 0.500. The van der Waals surface area contributed by atoms with Gasteiger partial charge in [0.1, 0.15) is 0 Å². The van der Waals surface area contributed by atoms with Crippen LogP contribution in [0.3, 0.4) is 0 Å². The largest absolute Gasteiger partial charge is 2.00 e. The zero-order chi connectivity index (χ0) is 36.8. The van der Waals surface area contributed by atoms with E-state index in [0.717, 1.165) is 34.4 Å². The SMILES string of the molecule is CC(/C=C(/C)[N-]c1c(C)cccc1C)=Nc1c(C)cccc1C.COCCOC.[Eu+2].c1ccc([N-]C(=NC2CCCCC2)NC2CCCCC2)cc1. The fourth-order valence-corrected chi connectivity index (χ4v) is 6.39. The van der Waals surface area contributed by atoms with E-state index >= 15 is 0 Å². The van der Waals surface area contributed by atoms with E-state index in [1.54, 1.807) is 14.2 Å². The monoisotopic (exact) mass is 846 g/mol. The first-order valence-electron chi connectivity index (χ1n) is 18.9. The maximum absolute atomic E-state index is 4.96. The van der Waals surface area contributed by atoms with E-state index in [1.165, 1.54) is 86.5 Å². The van der Waals surface area contributed by atoms with Gasteiger partial charge in [-0.05, 0) is 89.2 Å². The van der Waals surface area contributed by atoms with E-state index in [4.69, 9.17) is 20.6 Å². The van der Waals surface area contributed by atoms with Crippen LogP contribution in [0.2, 0.25) is 0 Å². The molecule has 2 fully saturated rings. The van der Waals surface area contributed by atoms with E-state index in [0.29, 0.717) is 25.3 Å². The van der Waals surface area contributed by atoms with Crippen molar-refractivity contribution in [2.24, 2.45) is 9.98 Å². The molecule has 0 bridgehead atoms. The fourth-order valence-electron chi connectivity index (χ4n) is 6.39. The number of ether oxygens (including phenoxy) is 2. The number of nitrogens with one attached hydrogen (secondary N) is 1. The average Bonchev–Trinajstić information content (AvgIpc) is 3.12. The van der Waals surface area contributed by atoms with Gasteiger partial charge in [0.2, 0.25) is 0 Å². The third kappa shape index (κ3) is 17.6. The smallest absolute Gasteiger partial charge is 0.661 e. The van der Waals surface area contributed by atoms with Crippen LogP contribution >= 0.6 is 0 Å². The molecule has 2 aliphatic rings. The molecule has 0 aliphatic heterocycles. The summed E-state index contributed by atoms with van der Waals surface area (Å²) >= 11 is 0. The maximum atomic E-state index is 4.96. The number of para-hydroxylation sites is 3. The van der Waals surface area contributed by atoms with Gasteiger partial charge in [0.25, 0.3) is 0 Å². The zero-order valence-corrected chi connectivity index (χ0v) is 35.5. The summed E-state index contributed by atoms with van der Waals surface area (Å²) in [5.41, 5.74) is 9.83. The van der Waals surface area contributed by atoms with Crippen LogP contribution in [-0.2, 0) is 9.47 Å². The van der Waals surface area contributed by atoms with E-state index in [1.807, 2.05) is 38.1 Å². The van der Waals surface area contributed by atoms with E-state index in [2.05, 4.69) is 91.0 Å². The van der Waals surface area contributed by atoms with Crippen LogP contribution in [0.15, 0.2) is 88.5 Å². The van der Waals surface area contributed by atoms with Crippen LogP contribution in [0.25, 0.3) is 10.6 Å². The number of guanidine groups is 1. The topological polar surface area (TPSA) is 83.4 Å². The number of methoxy groups -OCH3 is 2. The summed E-state index contributed by atoms with van der Waals surface area (Å²) in [5.74, 6) is 0.866. The predicted molar refractivity (Wildman–Crippen MR) is 219 cm³/mol. The molecule has 8 heteroatoms. The number of aliphatic imine (C=N–C) groups is 2. The molecule has 0 saturated heterocycles. The van der Waals surface area contributed by atoms with Crippen molar-refractivity contribution in [3.63, 3.8) is 0 Å². The summed E-state index contributed by atoms with van der Waals surface area (Å²) in [7, 11) is 3.30. The van der Waals surface area contributed by atoms with Crippen molar-refractivity contribution >= 4 is 28.7 Å². The van der Waals surface area contributed by atoms with E-state index in [9.17, 15) is 0 Å². The normalized spacial score (nSPS) is 15.7. The Hall–Kier alpha value is -2.36. The number of nitrogens with zero attached hydrogens (tertiary/aromatic N) is 4. The molecule has 3 aromatic carbocycles. The minimum atomic E-state index is 0. The Labute approximate surface area is 356 Å². The maximum Gasteiger partial charge on any atom is 2.00 e. The molecule has 52 heavy (non-hydrogen) atoms. The molecule has 283 valence electrons. The van der Waals surface area contributed by atoms with Gasteiger partial charge in [-0.3, -0.25) is 4.99 Å². The van der Waals surface area contributed by atoms with Gasteiger partial charge in [0.05, 0.1) is 18.9 Å². The molecule has 0 heterocycles. The first kappa shape index (κ1) is 45.8. The van der Waals surface area contributed by atoms with Crippen LogP contribution in [0.1, 0.15) is 100 Å². The summed E-state index contributed by atoms with van der Waals surface area (Å²) in [5, 5.41) is 13.2. The van der Waals surface area contributed by atoms with Crippen LogP contribution in [0.5, 0.6) is 0 Å². The molecule has 5 rings (SSSR count). The number of benzene rings is 3. The third-order valence-electron chi connectivity index (χ3n) is 9.17. The van der Waals surface area contributed by atoms with Crippen LogP contribution in [0.4, 0.5) is 17.1 Å². The molecular formula is C44H63EuN5O2. The molecular weight excluding hydrogens is 782 g/mol. The molecule has 0 spiro atoms. The molecule has 2 saturated carbocycles. The first-order chi connectivity index (χ1) is 24.7. The van der Waals surface area contributed by atoms with Gasteiger partial charge < -0.3 is 30.4 Å². The van der Waals surface area contributed by atoms with Gasteiger partial charge in [0.15, 0.2) is 0 Å². The Balaban J connectivity index is 0.000000307. The number of hydrogen-bond donors (Lipinski definition) is 1. The Morgan fingerprint density at radius 3 is 1.75 bits per heavy atom. The summed E-state index contributed by atoms with van der Waals surface area (Å²) in [6, 6.07) is 23.8. The van der Waals surface area contributed by atoms with Gasteiger partial charge in [-0.1, -0.05) is 129 Å². The molecule has 2 aliphatic carbocycles. The van der Waals surface area contributed by atoms with Gasteiger partial charge in [-0.2, -0.15) is 5.70 Å². The standard InChI is InChI=1S/C21H25N2.C19H28N3.C4H10O2.Eu/c1-14-9-7-10-15(2)20(14)22-18(5)13-19(6)23-21-16(3)11-8-12-17(21)4;1-4-10-16(11-5-1)20-19(21-17-12-6-2-7-13-17)22-18-14-8-3-9-15-18;1-5-3-4-6-2;/h7-13H,1-6H3;1,4-5,10-11,17-18H,2-3,6-9,12-15H2,(H-,20,21,22);3-4H2,1-2H3;/q2*-1;;+2/b18-13-,23-19?;;;. The predicted octanol–water partition coefficient (Wildman–Crippen LogP) is 12.2. The summed E-state index contributed by atoms with van der Waals surface area (Å²) in [6.45, 7) is 13.8. The number of rotatable bonds is 10. The minimum Gasteiger partial charge on any atom is -0.661 e. The van der Waals surface area contributed by atoms with Crippen LogP contribution < -0.4 is 5.32 Å². The van der Waals surface area contributed by atoms with Gasteiger partial charge in [-0.15, -0.1) is 5.69 Å². The zero-order valence-electron chi connectivity index (χ0n) is 33.1. The summed E-state index contributed by atoms with van der Waals surface area (Å²) in [4.78, 5) is 9.73. The Kier molecular flexibility index (Phi) is 23.3. The molecule has 1 radical (unpaired) electrons. The number of aryl methyl sites for hydroxylation is 4. The van der Waals surface area contributed by atoms with Crippen LogP contribution in [0, 0.1) is 77.1 Å². The molecule has 0 unspecified atom stereocenters. The Bertz CT molecular complexity index is 1480. The molecule has 0 aromatic heterocycles. The van der Waals surface area contributed by atoms with Gasteiger partial charge in [-0.25, -0.2) is 0 Å². The van der Waals surface area contributed by atoms with Crippen molar-refractivity contribution in [3.8, 4) is 0 Å². The quantitative estimate of drug-likeness (QED) is 0.125. The van der Waals surface area contributed by atoms with Gasteiger partial charge in [0, 0.05) is 25.9 Å². The third-order valence-corrected chi connectivity index (χ3v) is 9.17. The molecule has 0 amide bonds. The van der Waals surface area contributed by atoms with Crippen molar-refractivity contribution in [3.05, 3.63) is 111 Å². The average molecular weight is 846 g/mol. The van der Waals surface area contributed by atoms with E-state index < -0.39 is 0 Å². The Morgan fingerprint density at radius 1 is 0.692 bits per heavy atom. The van der Waals surface area contributed by atoms with Crippen molar-refractivity contribution < 1.29 is 58.9 Å². The number of allylic oxidation sites excluding steroid dienone is 2. The van der Waals surface area contributed by atoms with Crippen molar-refractivity contribution in [1.29, 1.82) is 0 Å². The molecule has 1 N–H and O–H groups in total. The number of hydrogen-bond acceptors (Lipinski definition) is 4. The summed E-state index contributed by atoms with van der Waals surface area (Å²) in [6.07, 6.45) is 15.0. The molecule has 7 nitrogen and oxygen atoms in total. The van der Waals surface area contributed by atoms with E-state index in [-0.39, 0.29) is 49.4 Å². The van der Waals surface area contributed by atoms with Crippen molar-refractivity contribution in [2.75, 3.05) is 27.4 Å². The molecule has 3 aromatic rings. The molecule has 0 atom stereocenters. The van der Waals surface area contributed by atoms with Gasteiger partial charge >= 0.3 is 49.4 Å². The second kappa shape index (κ2) is 26.4. The summed E-state index contributed by atoms with van der Waals surface area (Å²) < 4.78 is 9.31. The second-order valence-corrected chi connectivity index (χ2v) is 13.8. The minimum absolute atomic E-state index is 0. The van der Waals surface area contributed by atoms with Crippen molar-refractivity contribution in [2.45, 2.75) is 118 Å².